The summed E-state index contributed by atoms with van der Waals surface area (Å²) in [6, 6.07) is 16.3. The predicted molar refractivity (Wildman–Crippen MR) is 101 cm³/mol. The zero-order valence-electron chi connectivity index (χ0n) is 15.1. The van der Waals surface area contributed by atoms with Gasteiger partial charge in [-0.1, -0.05) is 58.0 Å². The maximum Gasteiger partial charge on any atom is 0.251 e. The third-order valence-electron chi connectivity index (χ3n) is 3.94. The molecule has 2 rings (SSSR count). The van der Waals surface area contributed by atoms with Crippen LogP contribution in [0.15, 0.2) is 48.5 Å². The first-order chi connectivity index (χ1) is 11.5. The van der Waals surface area contributed by atoms with Crippen LogP contribution in [-0.4, -0.2) is 12.5 Å². The van der Waals surface area contributed by atoms with Crippen LogP contribution in [-0.2, 0) is 6.54 Å². The molecule has 0 aliphatic rings. The largest absolute Gasteiger partial charge is 0.381 e. The second kappa shape index (κ2) is 8.53. The zero-order chi connectivity index (χ0) is 17.5. The van der Waals surface area contributed by atoms with Crippen LogP contribution >= 0.6 is 0 Å². The second-order valence-corrected chi connectivity index (χ2v) is 6.93. The number of nitrogens with one attached hydrogen (secondary N) is 2. The highest BCUT2D eigenvalue weighted by Gasteiger charge is 2.06. The van der Waals surface area contributed by atoms with E-state index in [1.807, 2.05) is 24.3 Å². The monoisotopic (exact) mass is 324 g/mol. The molecule has 0 aliphatic carbocycles. The third kappa shape index (κ3) is 5.41. The first-order valence-electron chi connectivity index (χ1n) is 8.66. The van der Waals surface area contributed by atoms with Crippen LogP contribution in [0.4, 0.5) is 5.69 Å². The van der Waals surface area contributed by atoms with Gasteiger partial charge in [0.15, 0.2) is 0 Å². The molecule has 0 aromatic heterocycles. The van der Waals surface area contributed by atoms with Gasteiger partial charge in [0.1, 0.15) is 0 Å². The fourth-order valence-electron chi connectivity index (χ4n) is 2.39. The van der Waals surface area contributed by atoms with Crippen LogP contribution in [0.1, 0.15) is 55.1 Å². The van der Waals surface area contributed by atoms with Gasteiger partial charge in [0.25, 0.3) is 5.91 Å². The average molecular weight is 324 g/mol. The van der Waals surface area contributed by atoms with Crippen molar-refractivity contribution in [3.8, 4) is 0 Å². The van der Waals surface area contributed by atoms with E-state index in [4.69, 9.17) is 0 Å². The molecule has 0 atom stereocenters. The summed E-state index contributed by atoms with van der Waals surface area (Å²) in [6.07, 6.45) is 0. The highest BCUT2D eigenvalue weighted by molar-refractivity contribution is 5.95. The van der Waals surface area contributed by atoms with Crippen LogP contribution < -0.4 is 10.6 Å². The molecule has 0 saturated heterocycles. The van der Waals surface area contributed by atoms with Crippen LogP contribution in [0.2, 0.25) is 0 Å². The van der Waals surface area contributed by atoms with Gasteiger partial charge in [-0.3, -0.25) is 4.79 Å². The Bertz CT molecular complexity index is 660. The molecule has 2 aromatic rings. The van der Waals surface area contributed by atoms with Gasteiger partial charge in [-0.15, -0.1) is 0 Å². The Balaban J connectivity index is 1.95. The van der Waals surface area contributed by atoms with Gasteiger partial charge in [0.2, 0.25) is 0 Å². The first kappa shape index (κ1) is 18.1. The molecule has 2 aromatic carbocycles. The van der Waals surface area contributed by atoms with E-state index in [0.29, 0.717) is 23.9 Å². The SMILES string of the molecule is CC(C)CNC(=O)c1cccc(NCc2ccc(C(C)C)cc2)c1. The summed E-state index contributed by atoms with van der Waals surface area (Å²) in [5.41, 5.74) is 4.23. The Morgan fingerprint density at radius 2 is 1.71 bits per heavy atom. The van der Waals surface area contributed by atoms with Gasteiger partial charge in [-0.25, -0.2) is 0 Å². The predicted octanol–water partition coefficient (Wildman–Crippen LogP) is 4.81. The van der Waals surface area contributed by atoms with Crippen molar-refractivity contribution >= 4 is 11.6 Å². The van der Waals surface area contributed by atoms with E-state index in [0.717, 1.165) is 12.2 Å². The summed E-state index contributed by atoms with van der Waals surface area (Å²) in [7, 11) is 0. The summed E-state index contributed by atoms with van der Waals surface area (Å²) in [6.45, 7) is 10.0. The highest BCUT2D eigenvalue weighted by Crippen LogP contribution is 2.16. The molecular weight excluding hydrogens is 296 g/mol. The van der Waals surface area contributed by atoms with Crippen molar-refractivity contribution < 1.29 is 4.79 Å². The number of carbonyl (C=O) groups is 1. The molecule has 0 spiro atoms. The maximum absolute atomic E-state index is 12.1. The molecule has 24 heavy (non-hydrogen) atoms. The lowest BCUT2D eigenvalue weighted by Crippen LogP contribution is -2.27. The number of carbonyl (C=O) groups excluding carboxylic acids is 1. The van der Waals surface area contributed by atoms with Crippen molar-refractivity contribution in [1.82, 2.24) is 5.32 Å². The average Bonchev–Trinajstić information content (AvgIpc) is 2.58. The third-order valence-corrected chi connectivity index (χ3v) is 3.94. The molecule has 0 unspecified atom stereocenters. The van der Waals surface area contributed by atoms with E-state index < -0.39 is 0 Å². The summed E-state index contributed by atoms with van der Waals surface area (Å²) in [5.74, 6) is 0.978. The topological polar surface area (TPSA) is 41.1 Å². The molecule has 0 heterocycles. The normalized spacial score (nSPS) is 10.9. The van der Waals surface area contributed by atoms with Crippen LogP contribution in [0.5, 0.6) is 0 Å². The van der Waals surface area contributed by atoms with Gasteiger partial charge in [0.05, 0.1) is 0 Å². The van der Waals surface area contributed by atoms with Crippen LogP contribution in [0.3, 0.4) is 0 Å². The second-order valence-electron chi connectivity index (χ2n) is 6.93. The Hall–Kier alpha value is -2.29. The molecule has 3 nitrogen and oxygen atoms in total. The van der Waals surface area contributed by atoms with Gasteiger partial charge in [-0.05, 0) is 41.2 Å². The number of hydrogen-bond donors (Lipinski definition) is 2. The summed E-state index contributed by atoms with van der Waals surface area (Å²) < 4.78 is 0. The number of amides is 1. The lowest BCUT2D eigenvalue weighted by Gasteiger charge is -2.11. The van der Waals surface area contributed by atoms with Gasteiger partial charge < -0.3 is 10.6 Å². The molecule has 0 aliphatic heterocycles. The quantitative estimate of drug-likeness (QED) is 0.767. The van der Waals surface area contributed by atoms with Gasteiger partial charge in [0, 0.05) is 24.3 Å². The van der Waals surface area contributed by atoms with Gasteiger partial charge in [-0.2, -0.15) is 0 Å². The number of hydrogen-bond acceptors (Lipinski definition) is 2. The van der Waals surface area contributed by atoms with Crippen molar-refractivity contribution in [1.29, 1.82) is 0 Å². The summed E-state index contributed by atoms with van der Waals surface area (Å²) in [4.78, 5) is 12.1. The van der Waals surface area contributed by atoms with E-state index in [9.17, 15) is 4.79 Å². The van der Waals surface area contributed by atoms with E-state index in [-0.39, 0.29) is 5.91 Å². The molecule has 0 saturated carbocycles. The molecule has 0 radical (unpaired) electrons. The van der Waals surface area contributed by atoms with E-state index in [1.165, 1.54) is 11.1 Å². The number of anilines is 1. The Labute approximate surface area is 145 Å². The van der Waals surface area contributed by atoms with Crippen molar-refractivity contribution in [3.05, 3.63) is 65.2 Å². The molecule has 3 heteroatoms. The molecule has 1 amide bonds. The first-order valence-corrected chi connectivity index (χ1v) is 8.66. The minimum Gasteiger partial charge on any atom is -0.381 e. The van der Waals surface area contributed by atoms with Crippen molar-refractivity contribution in [3.63, 3.8) is 0 Å². The van der Waals surface area contributed by atoms with E-state index in [2.05, 4.69) is 62.6 Å². The molecule has 0 fully saturated rings. The zero-order valence-corrected chi connectivity index (χ0v) is 15.1. The number of rotatable bonds is 7. The van der Waals surface area contributed by atoms with Crippen molar-refractivity contribution in [2.24, 2.45) is 5.92 Å². The van der Waals surface area contributed by atoms with Gasteiger partial charge >= 0.3 is 0 Å². The van der Waals surface area contributed by atoms with Crippen molar-refractivity contribution in [2.45, 2.75) is 40.2 Å². The van der Waals surface area contributed by atoms with E-state index in [1.54, 1.807) is 0 Å². The smallest absolute Gasteiger partial charge is 0.251 e. The van der Waals surface area contributed by atoms with Crippen LogP contribution in [0.25, 0.3) is 0 Å². The standard InChI is InChI=1S/C21H28N2O/c1-15(2)13-23-21(24)19-6-5-7-20(12-19)22-14-17-8-10-18(11-9-17)16(3)4/h5-12,15-16,22H,13-14H2,1-4H3,(H,23,24). The minimum atomic E-state index is -0.0198. The maximum atomic E-state index is 12.1. The molecule has 128 valence electrons. The fraction of sp³-hybridized carbons (Fsp3) is 0.381. The Morgan fingerprint density at radius 1 is 1.00 bits per heavy atom. The highest BCUT2D eigenvalue weighted by atomic mass is 16.1. The lowest BCUT2D eigenvalue weighted by atomic mass is 10.0. The number of benzene rings is 2. The molecular formula is C21H28N2O. The van der Waals surface area contributed by atoms with E-state index >= 15 is 0 Å². The summed E-state index contributed by atoms with van der Waals surface area (Å²) in [5, 5.41) is 6.34. The van der Waals surface area contributed by atoms with Crippen LogP contribution in [0, 0.1) is 5.92 Å². The fourth-order valence-corrected chi connectivity index (χ4v) is 2.39. The summed E-state index contributed by atoms with van der Waals surface area (Å²) >= 11 is 0. The van der Waals surface area contributed by atoms with Crippen molar-refractivity contribution in [2.75, 3.05) is 11.9 Å². The molecule has 2 N–H and O–H groups in total. The Morgan fingerprint density at radius 3 is 2.33 bits per heavy atom. The Kier molecular flexibility index (Phi) is 6.42. The minimum absolute atomic E-state index is 0.0198. The lowest BCUT2D eigenvalue weighted by molar-refractivity contribution is 0.0949. The molecule has 0 bridgehead atoms.